The number of phenolic OH excluding ortho intramolecular Hbond substituents is 1. The average molecular weight is 643 g/mol. The first-order valence-corrected chi connectivity index (χ1v) is 22.1. The molecule has 0 fully saturated rings. The third-order valence-electron chi connectivity index (χ3n) is 6.71. The fourth-order valence-corrected chi connectivity index (χ4v) is 5.36. The minimum absolute atomic E-state index is 0.0773. The molecule has 4 rings (SSSR count). The summed E-state index contributed by atoms with van der Waals surface area (Å²) in [4.78, 5) is 24.6. The van der Waals surface area contributed by atoms with Gasteiger partial charge in [0.05, 0.1) is 11.4 Å². The van der Waals surface area contributed by atoms with Crippen molar-refractivity contribution < 1.29 is 14.6 Å². The highest BCUT2D eigenvalue weighted by molar-refractivity contribution is 6.76. The second-order valence-electron chi connectivity index (χ2n) is 13.3. The first-order valence-electron chi connectivity index (χ1n) is 14.6. The SMILES string of the molecule is Cc1ccc(C)c(-n2nnn(COCC[Si](C)(C)C)c2=O)c1.Cc1ccc(O)cc1-n1nnn(COCC[Si](C)(C)C)c1=O. The largest absolute Gasteiger partial charge is 0.508 e. The van der Waals surface area contributed by atoms with Gasteiger partial charge in [0, 0.05) is 35.4 Å². The first kappa shape index (κ1) is 34.8. The Morgan fingerprint density at radius 3 is 1.55 bits per heavy atom. The van der Waals surface area contributed by atoms with Crippen molar-refractivity contribution in [3.63, 3.8) is 0 Å². The average Bonchev–Trinajstić information content (AvgIpc) is 3.48. The van der Waals surface area contributed by atoms with Crippen LogP contribution in [0, 0.1) is 20.8 Å². The highest BCUT2D eigenvalue weighted by Gasteiger charge is 2.16. The van der Waals surface area contributed by atoms with E-state index < -0.39 is 16.1 Å². The number of benzene rings is 2. The van der Waals surface area contributed by atoms with Crippen LogP contribution in [0.15, 0.2) is 46.0 Å². The first-order chi connectivity index (χ1) is 20.6. The zero-order valence-corrected chi connectivity index (χ0v) is 29.4. The zero-order chi connectivity index (χ0) is 32.7. The van der Waals surface area contributed by atoms with Gasteiger partial charge in [-0.15, -0.1) is 0 Å². The quantitative estimate of drug-likeness (QED) is 0.178. The van der Waals surface area contributed by atoms with Crippen LogP contribution in [-0.2, 0) is 22.9 Å². The van der Waals surface area contributed by atoms with Crippen molar-refractivity contribution in [2.24, 2.45) is 0 Å². The normalized spacial score (nSPS) is 11.8. The Bertz CT molecular complexity index is 1530. The van der Waals surface area contributed by atoms with Gasteiger partial charge in [0.2, 0.25) is 0 Å². The Hall–Kier alpha value is -3.67. The van der Waals surface area contributed by atoms with Crippen LogP contribution in [0.2, 0.25) is 51.4 Å². The van der Waals surface area contributed by atoms with E-state index >= 15 is 0 Å². The minimum Gasteiger partial charge on any atom is -0.508 e. The van der Waals surface area contributed by atoms with Gasteiger partial charge in [-0.05, 0) is 82.5 Å². The predicted molar refractivity (Wildman–Crippen MR) is 175 cm³/mol. The molecule has 0 spiro atoms. The summed E-state index contributed by atoms with van der Waals surface area (Å²) in [5, 5.41) is 25.1. The standard InChI is InChI=1S/C15H24N4O2Si.C14H22N4O3Si/c1-12-6-7-13(2)14(10-12)19-15(20)18(16-17-19)11-21-8-9-22(3,4)5;1-11-5-6-12(19)9-13(11)18-14(20)17(15-16-18)10-21-7-8-22(2,3)4/h6-7,10H,8-9,11H2,1-5H3;5-6,9,19H,7-8,10H2,1-4H3. The summed E-state index contributed by atoms with van der Waals surface area (Å²) in [5.41, 5.74) is 3.50. The minimum atomic E-state index is -1.15. The summed E-state index contributed by atoms with van der Waals surface area (Å²) in [5.74, 6) is 0.0773. The molecule has 2 aromatic carbocycles. The van der Waals surface area contributed by atoms with Crippen LogP contribution in [0.3, 0.4) is 0 Å². The van der Waals surface area contributed by atoms with Gasteiger partial charge in [-0.3, -0.25) is 0 Å². The van der Waals surface area contributed by atoms with E-state index in [1.807, 2.05) is 39.0 Å². The molecule has 15 heteroatoms. The van der Waals surface area contributed by atoms with Gasteiger partial charge < -0.3 is 14.6 Å². The molecule has 0 amide bonds. The molecule has 1 N–H and O–H groups in total. The number of rotatable bonds is 12. The number of nitrogens with zero attached hydrogens (tertiary/aromatic N) is 8. The van der Waals surface area contributed by atoms with Crippen molar-refractivity contribution in [2.45, 2.75) is 85.6 Å². The van der Waals surface area contributed by atoms with Crippen molar-refractivity contribution in [3.8, 4) is 17.1 Å². The lowest BCUT2D eigenvalue weighted by Crippen LogP contribution is -2.27. The molecule has 0 saturated carbocycles. The van der Waals surface area contributed by atoms with E-state index in [2.05, 4.69) is 60.1 Å². The van der Waals surface area contributed by atoms with Gasteiger partial charge in [-0.25, -0.2) is 9.59 Å². The molecule has 44 heavy (non-hydrogen) atoms. The maximum atomic E-state index is 12.4. The molecule has 0 aliphatic carbocycles. The number of phenols is 1. The van der Waals surface area contributed by atoms with Crippen molar-refractivity contribution in [1.82, 2.24) is 39.6 Å². The smallest absolute Gasteiger partial charge is 0.370 e. The number of hydrogen-bond donors (Lipinski definition) is 1. The van der Waals surface area contributed by atoms with Crippen LogP contribution >= 0.6 is 0 Å². The molecule has 240 valence electrons. The third kappa shape index (κ3) is 10.2. The Morgan fingerprint density at radius 1 is 0.659 bits per heavy atom. The van der Waals surface area contributed by atoms with Crippen molar-refractivity contribution in [2.75, 3.05) is 13.2 Å². The Kier molecular flexibility index (Phi) is 11.8. The maximum absolute atomic E-state index is 12.4. The molecular formula is C29H46N8O5Si2. The van der Waals surface area contributed by atoms with Crippen LogP contribution in [-0.4, -0.2) is 74.0 Å². The van der Waals surface area contributed by atoms with Crippen LogP contribution in [0.4, 0.5) is 0 Å². The second kappa shape index (κ2) is 14.9. The zero-order valence-electron chi connectivity index (χ0n) is 27.4. The predicted octanol–water partition coefficient (Wildman–Crippen LogP) is 4.11. The Balaban J connectivity index is 0.000000240. The van der Waals surface area contributed by atoms with E-state index in [4.69, 9.17) is 9.47 Å². The number of ether oxygens (including phenoxy) is 2. The lowest BCUT2D eigenvalue weighted by Gasteiger charge is -2.14. The fourth-order valence-electron chi connectivity index (χ4n) is 3.85. The lowest BCUT2D eigenvalue weighted by atomic mass is 10.1. The summed E-state index contributed by atoms with van der Waals surface area (Å²) >= 11 is 0. The van der Waals surface area contributed by atoms with Gasteiger partial charge in [0.1, 0.15) is 19.2 Å². The molecule has 0 bridgehead atoms. The second-order valence-corrected chi connectivity index (χ2v) is 24.5. The number of tetrazole rings is 2. The molecule has 2 heterocycles. The van der Waals surface area contributed by atoms with Crippen LogP contribution in [0.5, 0.6) is 5.75 Å². The van der Waals surface area contributed by atoms with Gasteiger partial charge in [0.25, 0.3) is 0 Å². The molecule has 0 aliphatic rings. The highest BCUT2D eigenvalue weighted by atomic mass is 28.3. The van der Waals surface area contributed by atoms with E-state index in [0.717, 1.165) is 39.1 Å². The summed E-state index contributed by atoms with van der Waals surface area (Å²) in [6.45, 7) is 20.9. The maximum Gasteiger partial charge on any atom is 0.370 e. The highest BCUT2D eigenvalue weighted by Crippen LogP contribution is 2.18. The van der Waals surface area contributed by atoms with Gasteiger partial charge in [0.15, 0.2) is 0 Å². The number of aryl methyl sites for hydroxylation is 3. The number of aromatic hydroxyl groups is 1. The number of aromatic nitrogens is 8. The molecule has 13 nitrogen and oxygen atoms in total. The van der Waals surface area contributed by atoms with E-state index in [9.17, 15) is 14.7 Å². The summed E-state index contributed by atoms with van der Waals surface area (Å²) in [7, 11) is -2.28. The third-order valence-corrected chi connectivity index (χ3v) is 10.1. The molecule has 0 radical (unpaired) electrons. The molecule has 0 unspecified atom stereocenters. The number of hydrogen-bond acceptors (Lipinski definition) is 9. The molecule has 0 atom stereocenters. The van der Waals surface area contributed by atoms with Crippen LogP contribution in [0.1, 0.15) is 16.7 Å². The van der Waals surface area contributed by atoms with Crippen molar-refractivity contribution >= 4 is 16.1 Å². The van der Waals surface area contributed by atoms with E-state index in [-0.39, 0.29) is 30.6 Å². The fraction of sp³-hybridized carbons (Fsp3) is 0.517. The Labute approximate surface area is 260 Å². The Morgan fingerprint density at radius 2 is 1.09 bits per heavy atom. The van der Waals surface area contributed by atoms with E-state index in [1.54, 1.807) is 12.1 Å². The monoisotopic (exact) mass is 642 g/mol. The summed E-state index contributed by atoms with van der Waals surface area (Å²) in [6.07, 6.45) is 0. The van der Waals surface area contributed by atoms with Crippen LogP contribution < -0.4 is 11.4 Å². The van der Waals surface area contributed by atoms with Gasteiger partial charge in [-0.2, -0.15) is 18.7 Å². The van der Waals surface area contributed by atoms with Crippen molar-refractivity contribution in [1.29, 1.82) is 0 Å². The van der Waals surface area contributed by atoms with Gasteiger partial charge in [-0.1, -0.05) is 57.5 Å². The van der Waals surface area contributed by atoms with Crippen LogP contribution in [0.25, 0.3) is 11.4 Å². The lowest BCUT2D eigenvalue weighted by molar-refractivity contribution is 0.0747. The molecule has 0 saturated heterocycles. The molecule has 2 aromatic heterocycles. The summed E-state index contributed by atoms with van der Waals surface area (Å²) < 4.78 is 16.0. The molecular weight excluding hydrogens is 597 g/mol. The topological polar surface area (TPSA) is 144 Å². The summed E-state index contributed by atoms with van der Waals surface area (Å²) in [6, 6.07) is 12.8. The van der Waals surface area contributed by atoms with Crippen molar-refractivity contribution in [3.05, 3.63) is 74.1 Å². The van der Waals surface area contributed by atoms with E-state index in [0.29, 0.717) is 18.9 Å². The van der Waals surface area contributed by atoms with E-state index in [1.165, 1.54) is 20.1 Å². The molecule has 0 aliphatic heterocycles. The molecule has 4 aromatic rings. The van der Waals surface area contributed by atoms with Gasteiger partial charge >= 0.3 is 11.4 Å².